The van der Waals surface area contributed by atoms with Crippen LogP contribution in [-0.2, 0) is 9.47 Å². The molecule has 1 saturated heterocycles. The van der Waals surface area contributed by atoms with Crippen LogP contribution in [-0.4, -0.2) is 19.3 Å². The minimum absolute atomic E-state index is 0.926. The number of hydrogen-bond acceptors (Lipinski definition) is 3. The van der Waals surface area contributed by atoms with Gasteiger partial charge in [0.05, 0.1) is 2.74 Å². The first-order valence-corrected chi connectivity index (χ1v) is 1.42. The smallest absolute Gasteiger partial charge is 0.431 e. The maximum absolute atomic E-state index is 9.98. The van der Waals surface area contributed by atoms with E-state index in [-0.39, 0.29) is 0 Å². The van der Waals surface area contributed by atoms with Gasteiger partial charge in [-0.1, -0.05) is 0 Å². The lowest BCUT2D eigenvalue weighted by molar-refractivity contribution is 0.131. The van der Waals surface area contributed by atoms with Crippen LogP contribution in [0.25, 0.3) is 0 Å². The zero-order valence-electron chi connectivity index (χ0n) is 4.88. The Labute approximate surface area is 37.7 Å². The summed E-state index contributed by atoms with van der Waals surface area (Å²) in [5.41, 5.74) is 0. The van der Waals surface area contributed by atoms with E-state index in [0.29, 0.717) is 0 Å². The standard InChI is InChI=1S/C3H4O3/c4-3-5-1-2-6-3/h1-2H2/i1D,2D/t1-,2+. The molecule has 0 spiro atoms. The van der Waals surface area contributed by atoms with Crippen LogP contribution >= 0.6 is 0 Å². The molecular formula is C3H4O3. The van der Waals surface area contributed by atoms with E-state index in [0.717, 1.165) is 0 Å². The summed E-state index contributed by atoms with van der Waals surface area (Å²) in [7, 11) is 0. The molecule has 2 atom stereocenters. The Morgan fingerprint density at radius 3 is 2.33 bits per heavy atom. The van der Waals surface area contributed by atoms with Crippen molar-refractivity contribution >= 4 is 6.16 Å². The highest BCUT2D eigenvalue weighted by Gasteiger charge is 2.09. The van der Waals surface area contributed by atoms with Gasteiger partial charge in [-0.3, -0.25) is 0 Å². The second-order valence-corrected chi connectivity index (χ2v) is 0.758. The Morgan fingerprint density at radius 1 is 1.67 bits per heavy atom. The zero-order chi connectivity index (χ0) is 6.15. The van der Waals surface area contributed by atoms with E-state index in [1.807, 2.05) is 0 Å². The highest BCUT2D eigenvalue weighted by atomic mass is 16.8. The molecule has 1 heterocycles. The molecule has 0 aromatic carbocycles. The minimum Gasteiger partial charge on any atom is -0.431 e. The van der Waals surface area contributed by atoms with Gasteiger partial charge >= 0.3 is 6.16 Å². The first kappa shape index (κ1) is 1.82. The van der Waals surface area contributed by atoms with E-state index in [1.54, 1.807) is 0 Å². The van der Waals surface area contributed by atoms with Crippen LogP contribution in [0.4, 0.5) is 4.79 Å². The summed E-state index contributed by atoms with van der Waals surface area (Å²) in [4.78, 5) is 9.98. The van der Waals surface area contributed by atoms with Crippen molar-refractivity contribution in [2.75, 3.05) is 13.2 Å². The minimum atomic E-state index is -1.16. The number of cyclic esters (lactones) is 2. The fourth-order valence-electron chi connectivity index (χ4n) is 0.194. The molecule has 34 valence electrons. The lowest BCUT2D eigenvalue weighted by atomic mass is 10.8. The number of rotatable bonds is 0. The van der Waals surface area contributed by atoms with E-state index in [4.69, 9.17) is 2.74 Å². The van der Waals surface area contributed by atoms with E-state index < -0.39 is 19.3 Å². The predicted molar refractivity (Wildman–Crippen MR) is 17.3 cm³/mol. The van der Waals surface area contributed by atoms with Gasteiger partial charge in [-0.25, -0.2) is 4.79 Å². The predicted octanol–water partition coefficient (Wildman–Crippen LogP) is 0.153. The van der Waals surface area contributed by atoms with Crippen molar-refractivity contribution in [3.8, 4) is 0 Å². The van der Waals surface area contributed by atoms with Crippen molar-refractivity contribution in [3.05, 3.63) is 0 Å². The Hall–Kier alpha value is -0.730. The van der Waals surface area contributed by atoms with E-state index >= 15 is 0 Å². The molecule has 0 unspecified atom stereocenters. The molecule has 3 heteroatoms. The summed E-state index contributed by atoms with van der Waals surface area (Å²) in [6, 6.07) is 0. The second kappa shape index (κ2) is 1.16. The van der Waals surface area contributed by atoms with Gasteiger partial charge in [-0.15, -0.1) is 0 Å². The van der Waals surface area contributed by atoms with Crippen molar-refractivity contribution in [1.82, 2.24) is 0 Å². The third kappa shape index (κ3) is 0.429. The van der Waals surface area contributed by atoms with Gasteiger partial charge < -0.3 is 9.47 Å². The van der Waals surface area contributed by atoms with Gasteiger partial charge in [-0.2, -0.15) is 0 Å². The second-order valence-electron chi connectivity index (χ2n) is 0.758. The Bertz CT molecular complexity index is 103. The maximum Gasteiger partial charge on any atom is 0.508 e. The Balaban J connectivity index is 2.51. The number of hydrogen-bond donors (Lipinski definition) is 0. The topological polar surface area (TPSA) is 35.5 Å². The van der Waals surface area contributed by atoms with Crippen molar-refractivity contribution in [2.24, 2.45) is 0 Å². The molecule has 1 aliphatic rings. The molecule has 3 nitrogen and oxygen atoms in total. The molecular weight excluding hydrogens is 84.0 g/mol. The average molecular weight is 90.1 g/mol. The van der Waals surface area contributed by atoms with E-state index in [9.17, 15) is 4.79 Å². The molecule has 1 aliphatic heterocycles. The molecule has 0 aliphatic carbocycles. The Kier molecular flexibility index (Phi) is 0.352. The molecule has 0 amide bonds. The Morgan fingerprint density at radius 2 is 2.17 bits per heavy atom. The molecule has 1 rings (SSSR count). The summed E-state index contributed by atoms with van der Waals surface area (Å²) in [6.45, 7) is -2.33. The van der Waals surface area contributed by atoms with Gasteiger partial charge in [-0.05, 0) is 0 Å². The van der Waals surface area contributed by atoms with Crippen LogP contribution in [0, 0.1) is 0 Å². The SMILES string of the molecule is [2H][C@@H]1OC(=O)O[C@@H]1[2H]. The largest absolute Gasteiger partial charge is 0.508 e. The lowest BCUT2D eigenvalue weighted by Gasteiger charge is -1.78. The molecule has 0 N–H and O–H groups in total. The first-order chi connectivity index (χ1) is 3.70. The highest BCUT2D eigenvalue weighted by molar-refractivity contribution is 5.61. The fourth-order valence-corrected chi connectivity index (χ4v) is 0.194. The summed E-state index contributed by atoms with van der Waals surface area (Å²) < 4.78 is 21.6. The third-order valence-corrected chi connectivity index (χ3v) is 0.384. The molecule has 0 bridgehead atoms. The van der Waals surface area contributed by atoms with Crippen LogP contribution in [0.5, 0.6) is 0 Å². The van der Waals surface area contributed by atoms with Crippen molar-refractivity contribution in [2.45, 2.75) is 0 Å². The highest BCUT2D eigenvalue weighted by Crippen LogP contribution is 1.92. The first-order valence-electron chi connectivity index (χ1n) is 2.57. The molecule has 0 aromatic rings. The summed E-state index contributed by atoms with van der Waals surface area (Å²) in [5, 5.41) is 0. The van der Waals surface area contributed by atoms with Crippen molar-refractivity contribution in [1.29, 1.82) is 0 Å². The fraction of sp³-hybridized carbons (Fsp3) is 0.667. The number of ether oxygens (including phenoxy) is 2. The number of carbonyl (C=O) groups is 1. The molecule has 0 aromatic heterocycles. The van der Waals surface area contributed by atoms with E-state index in [1.165, 1.54) is 0 Å². The molecule has 0 radical (unpaired) electrons. The lowest BCUT2D eigenvalue weighted by Crippen LogP contribution is -1.88. The molecule has 6 heavy (non-hydrogen) atoms. The summed E-state index contributed by atoms with van der Waals surface area (Å²) >= 11 is 0. The van der Waals surface area contributed by atoms with E-state index in [2.05, 4.69) is 9.47 Å². The zero-order valence-corrected chi connectivity index (χ0v) is 2.88. The molecule has 1 fully saturated rings. The normalized spacial score (nSPS) is 49.0. The van der Waals surface area contributed by atoms with Crippen LogP contribution in [0.1, 0.15) is 2.74 Å². The van der Waals surface area contributed by atoms with Gasteiger partial charge in [0, 0.05) is 0 Å². The van der Waals surface area contributed by atoms with Crippen molar-refractivity contribution < 1.29 is 17.0 Å². The number of carbonyl (C=O) groups excluding carboxylic acids is 1. The average Bonchev–Trinajstić information content (AvgIpc) is 1.85. The third-order valence-electron chi connectivity index (χ3n) is 0.384. The van der Waals surface area contributed by atoms with Crippen LogP contribution < -0.4 is 0 Å². The molecule has 0 saturated carbocycles. The van der Waals surface area contributed by atoms with Crippen LogP contribution in [0.2, 0.25) is 0 Å². The van der Waals surface area contributed by atoms with Crippen molar-refractivity contribution in [3.63, 3.8) is 0 Å². The van der Waals surface area contributed by atoms with Gasteiger partial charge in [0.1, 0.15) is 13.2 Å². The summed E-state index contributed by atoms with van der Waals surface area (Å²) in [6.07, 6.45) is -0.926. The quantitative estimate of drug-likeness (QED) is 0.397. The monoisotopic (exact) mass is 90.0 g/mol. The van der Waals surface area contributed by atoms with Crippen LogP contribution in [0.15, 0.2) is 0 Å². The summed E-state index contributed by atoms with van der Waals surface area (Å²) in [5.74, 6) is 0. The van der Waals surface area contributed by atoms with Gasteiger partial charge in [0.2, 0.25) is 0 Å². The van der Waals surface area contributed by atoms with Gasteiger partial charge in [0.15, 0.2) is 0 Å². The van der Waals surface area contributed by atoms with Crippen LogP contribution in [0.3, 0.4) is 0 Å². The maximum atomic E-state index is 9.98. The van der Waals surface area contributed by atoms with Gasteiger partial charge in [0.25, 0.3) is 0 Å².